The lowest BCUT2D eigenvalue weighted by atomic mass is 10.1. The van der Waals surface area contributed by atoms with E-state index in [-0.39, 0.29) is 30.0 Å². The van der Waals surface area contributed by atoms with Crippen molar-refractivity contribution in [1.29, 1.82) is 0 Å². The lowest BCUT2D eigenvalue weighted by molar-refractivity contribution is -0.123. The van der Waals surface area contributed by atoms with Crippen molar-refractivity contribution in [2.45, 2.75) is 37.5 Å². The van der Waals surface area contributed by atoms with Crippen LogP contribution in [0.1, 0.15) is 31.1 Å². The summed E-state index contributed by atoms with van der Waals surface area (Å²) in [6.07, 6.45) is -0.594. The van der Waals surface area contributed by atoms with E-state index in [1.54, 1.807) is 30.3 Å². The molecule has 0 bridgehead atoms. The number of sulfonamides is 1. The highest BCUT2D eigenvalue weighted by molar-refractivity contribution is 7.89. The van der Waals surface area contributed by atoms with Gasteiger partial charge in [-0.15, -0.1) is 0 Å². The molecule has 2 N–H and O–H groups in total. The standard InChI is InChI=1S/C25H27N3O4S/c1-18(2)26-24(29)17-32-21-14-12-20(13-15-21)25-27-22-10-6-7-11-23(22)33(30,31)28(25)16-19-8-4-3-5-9-19/h3-15,18,25,27H,16-17H2,1-2H3,(H,26,29). The average Bonchev–Trinajstić information content (AvgIpc) is 2.80. The topological polar surface area (TPSA) is 87.7 Å². The van der Waals surface area contributed by atoms with Crippen molar-refractivity contribution >= 4 is 21.6 Å². The molecule has 4 rings (SSSR count). The number of benzene rings is 3. The Balaban J connectivity index is 1.61. The highest BCUT2D eigenvalue weighted by Gasteiger charge is 2.38. The first-order valence-corrected chi connectivity index (χ1v) is 12.2. The Hall–Kier alpha value is -3.36. The molecular weight excluding hydrogens is 438 g/mol. The molecule has 172 valence electrons. The molecule has 0 saturated carbocycles. The third-order valence-corrected chi connectivity index (χ3v) is 7.12. The van der Waals surface area contributed by atoms with Crippen molar-refractivity contribution in [3.05, 3.63) is 90.0 Å². The van der Waals surface area contributed by atoms with Crippen LogP contribution in [-0.4, -0.2) is 31.3 Å². The van der Waals surface area contributed by atoms with Crippen molar-refractivity contribution in [3.63, 3.8) is 0 Å². The molecule has 1 unspecified atom stereocenters. The summed E-state index contributed by atoms with van der Waals surface area (Å²) in [5.74, 6) is 0.339. The Morgan fingerprint density at radius 2 is 1.67 bits per heavy atom. The molecule has 0 aromatic heterocycles. The lowest BCUT2D eigenvalue weighted by Gasteiger charge is -2.37. The molecule has 1 aliphatic heterocycles. The van der Waals surface area contributed by atoms with Crippen LogP contribution in [0.5, 0.6) is 5.75 Å². The summed E-state index contributed by atoms with van der Waals surface area (Å²) in [7, 11) is -3.73. The van der Waals surface area contributed by atoms with Gasteiger partial charge in [0.05, 0.1) is 5.69 Å². The number of nitrogens with one attached hydrogen (secondary N) is 2. The number of amides is 1. The maximum Gasteiger partial charge on any atom is 0.258 e. The van der Waals surface area contributed by atoms with E-state index in [2.05, 4.69) is 10.6 Å². The number of carbonyl (C=O) groups is 1. The Morgan fingerprint density at radius 3 is 2.36 bits per heavy atom. The number of hydrogen-bond donors (Lipinski definition) is 2. The second-order valence-electron chi connectivity index (χ2n) is 8.16. The SMILES string of the molecule is CC(C)NC(=O)COc1ccc(C2Nc3ccccc3S(=O)(=O)N2Cc2ccccc2)cc1. The van der Waals surface area contributed by atoms with Crippen LogP contribution in [0.2, 0.25) is 0 Å². The second-order valence-corrected chi connectivity index (χ2v) is 10.0. The van der Waals surface area contributed by atoms with Crippen molar-refractivity contribution in [2.24, 2.45) is 0 Å². The number of fused-ring (bicyclic) bond motifs is 1. The molecule has 3 aromatic rings. The summed E-state index contributed by atoms with van der Waals surface area (Å²) >= 11 is 0. The van der Waals surface area contributed by atoms with Crippen molar-refractivity contribution in [3.8, 4) is 5.75 Å². The van der Waals surface area contributed by atoms with Gasteiger partial charge in [-0.1, -0.05) is 54.6 Å². The molecule has 8 heteroatoms. The van der Waals surface area contributed by atoms with Gasteiger partial charge in [0.25, 0.3) is 5.91 Å². The number of anilines is 1. The average molecular weight is 466 g/mol. The van der Waals surface area contributed by atoms with Gasteiger partial charge < -0.3 is 15.4 Å². The Kier molecular flexibility index (Phi) is 6.67. The molecule has 1 aliphatic rings. The molecule has 0 fully saturated rings. The van der Waals surface area contributed by atoms with Crippen LogP contribution in [0.15, 0.2) is 83.8 Å². The predicted molar refractivity (Wildman–Crippen MR) is 127 cm³/mol. The van der Waals surface area contributed by atoms with Gasteiger partial charge in [-0.2, -0.15) is 4.31 Å². The maximum absolute atomic E-state index is 13.5. The normalized spacial score (nSPS) is 17.1. The van der Waals surface area contributed by atoms with Crippen LogP contribution in [0, 0.1) is 0 Å². The van der Waals surface area contributed by atoms with E-state index in [1.165, 1.54) is 4.31 Å². The molecule has 3 aromatic carbocycles. The molecule has 0 saturated heterocycles. The van der Waals surface area contributed by atoms with Crippen molar-refractivity contribution in [1.82, 2.24) is 9.62 Å². The van der Waals surface area contributed by atoms with Crippen LogP contribution in [0.3, 0.4) is 0 Å². The van der Waals surface area contributed by atoms with E-state index in [1.807, 2.05) is 62.4 Å². The highest BCUT2D eigenvalue weighted by atomic mass is 32.2. The minimum absolute atomic E-state index is 0.0428. The minimum atomic E-state index is -3.73. The minimum Gasteiger partial charge on any atom is -0.484 e. The summed E-state index contributed by atoms with van der Waals surface area (Å²) in [6.45, 7) is 3.92. The molecule has 0 radical (unpaired) electrons. The van der Waals surface area contributed by atoms with E-state index < -0.39 is 16.2 Å². The number of para-hydroxylation sites is 1. The fraction of sp³-hybridized carbons (Fsp3) is 0.240. The third kappa shape index (κ3) is 5.18. The number of hydrogen-bond acceptors (Lipinski definition) is 5. The van der Waals surface area contributed by atoms with Gasteiger partial charge in [-0.3, -0.25) is 4.79 Å². The Bertz CT molecular complexity index is 1210. The molecule has 33 heavy (non-hydrogen) atoms. The third-order valence-electron chi connectivity index (χ3n) is 5.25. The van der Waals surface area contributed by atoms with Gasteiger partial charge >= 0.3 is 0 Å². The van der Waals surface area contributed by atoms with Crippen molar-refractivity contribution in [2.75, 3.05) is 11.9 Å². The van der Waals surface area contributed by atoms with E-state index in [4.69, 9.17) is 4.74 Å². The smallest absolute Gasteiger partial charge is 0.258 e. The quantitative estimate of drug-likeness (QED) is 0.553. The summed E-state index contributed by atoms with van der Waals surface area (Å²) in [6, 6.07) is 23.6. The van der Waals surface area contributed by atoms with E-state index >= 15 is 0 Å². The van der Waals surface area contributed by atoms with Gasteiger partial charge in [0.15, 0.2) is 6.61 Å². The Labute approximate surface area is 194 Å². The zero-order valence-corrected chi connectivity index (χ0v) is 19.4. The predicted octanol–water partition coefficient (Wildman–Crippen LogP) is 3.91. The van der Waals surface area contributed by atoms with Crippen LogP contribution in [0.25, 0.3) is 0 Å². The zero-order valence-electron chi connectivity index (χ0n) is 18.6. The molecule has 7 nitrogen and oxygen atoms in total. The summed E-state index contributed by atoms with van der Waals surface area (Å²) in [5, 5.41) is 6.15. The van der Waals surface area contributed by atoms with Gasteiger partial charge in [0, 0.05) is 12.6 Å². The maximum atomic E-state index is 13.5. The largest absolute Gasteiger partial charge is 0.484 e. The number of nitrogens with zero attached hydrogens (tertiary/aromatic N) is 1. The summed E-state index contributed by atoms with van der Waals surface area (Å²) < 4.78 is 34.1. The molecule has 1 heterocycles. The fourth-order valence-electron chi connectivity index (χ4n) is 3.74. The first-order valence-electron chi connectivity index (χ1n) is 10.8. The monoisotopic (exact) mass is 465 g/mol. The zero-order chi connectivity index (χ0) is 23.4. The highest BCUT2D eigenvalue weighted by Crippen LogP contribution is 2.39. The van der Waals surface area contributed by atoms with Gasteiger partial charge in [0.1, 0.15) is 16.8 Å². The van der Waals surface area contributed by atoms with Crippen LogP contribution >= 0.6 is 0 Å². The molecular formula is C25H27N3O4S. The van der Waals surface area contributed by atoms with Crippen molar-refractivity contribution < 1.29 is 17.9 Å². The molecule has 1 amide bonds. The molecule has 0 spiro atoms. The molecule has 1 atom stereocenters. The summed E-state index contributed by atoms with van der Waals surface area (Å²) in [5.41, 5.74) is 2.23. The van der Waals surface area contributed by atoms with E-state index in [0.717, 1.165) is 11.1 Å². The number of rotatable bonds is 7. The van der Waals surface area contributed by atoms with Crippen LogP contribution < -0.4 is 15.4 Å². The van der Waals surface area contributed by atoms with Gasteiger partial charge in [-0.25, -0.2) is 8.42 Å². The van der Waals surface area contributed by atoms with E-state index in [9.17, 15) is 13.2 Å². The Morgan fingerprint density at radius 1 is 1.00 bits per heavy atom. The van der Waals surface area contributed by atoms with Gasteiger partial charge in [-0.05, 0) is 49.2 Å². The molecule has 0 aliphatic carbocycles. The van der Waals surface area contributed by atoms with E-state index in [0.29, 0.717) is 11.4 Å². The number of ether oxygens (including phenoxy) is 1. The van der Waals surface area contributed by atoms with Crippen LogP contribution in [0.4, 0.5) is 5.69 Å². The number of carbonyl (C=O) groups excluding carboxylic acids is 1. The summed E-state index contributed by atoms with van der Waals surface area (Å²) in [4.78, 5) is 12.1. The first-order chi connectivity index (χ1) is 15.8. The second kappa shape index (κ2) is 9.64. The van der Waals surface area contributed by atoms with Gasteiger partial charge in [0.2, 0.25) is 10.0 Å². The first kappa shape index (κ1) is 22.8. The fourth-order valence-corrected chi connectivity index (χ4v) is 5.42. The van der Waals surface area contributed by atoms with Crippen LogP contribution in [-0.2, 0) is 21.4 Å². The lowest BCUT2D eigenvalue weighted by Crippen LogP contribution is -2.42.